The summed E-state index contributed by atoms with van der Waals surface area (Å²) in [5, 5.41) is 3.25. The Kier molecular flexibility index (Phi) is 6.39. The van der Waals surface area contributed by atoms with Gasteiger partial charge < -0.3 is 14.4 Å². The molecule has 0 unspecified atom stereocenters. The van der Waals surface area contributed by atoms with Crippen LogP contribution < -0.4 is 9.64 Å². The molecule has 0 aliphatic carbocycles. The predicted molar refractivity (Wildman–Crippen MR) is 128 cm³/mol. The number of morpholine rings is 1. The highest BCUT2D eigenvalue weighted by molar-refractivity contribution is 7.15. The molecule has 168 valence electrons. The van der Waals surface area contributed by atoms with Crippen LogP contribution in [0.4, 0.5) is 5.13 Å². The molecular formula is C25H29N3O3S. The van der Waals surface area contributed by atoms with E-state index in [0.29, 0.717) is 0 Å². The number of ether oxygens (including phenoxy) is 2. The van der Waals surface area contributed by atoms with Gasteiger partial charge in [-0.15, -0.1) is 11.3 Å². The third-order valence-corrected chi connectivity index (χ3v) is 7.45. The summed E-state index contributed by atoms with van der Waals surface area (Å²) < 4.78 is 10.8. The van der Waals surface area contributed by atoms with Crippen LogP contribution in [0.15, 0.2) is 42.6 Å². The van der Waals surface area contributed by atoms with Gasteiger partial charge >= 0.3 is 0 Å². The van der Waals surface area contributed by atoms with Gasteiger partial charge in [-0.2, -0.15) is 0 Å². The van der Waals surface area contributed by atoms with E-state index < -0.39 is 0 Å². The van der Waals surface area contributed by atoms with E-state index in [1.54, 1.807) is 18.4 Å². The molecule has 6 nitrogen and oxygen atoms in total. The number of ketones is 1. The Labute approximate surface area is 192 Å². The molecule has 2 saturated heterocycles. The molecule has 0 radical (unpaired) electrons. The number of hydrogen-bond donors (Lipinski definition) is 0. The maximum Gasteiger partial charge on any atom is 0.185 e. The number of anilines is 1. The number of nitrogens with zero attached hydrogens (tertiary/aromatic N) is 3. The number of piperidine rings is 1. The van der Waals surface area contributed by atoms with Gasteiger partial charge in [0.2, 0.25) is 0 Å². The Morgan fingerprint density at radius 1 is 1.16 bits per heavy atom. The third kappa shape index (κ3) is 4.65. The summed E-state index contributed by atoms with van der Waals surface area (Å²) >= 11 is 1.77. The molecule has 7 heteroatoms. The average molecular weight is 452 g/mol. The quantitative estimate of drug-likeness (QED) is 0.523. The monoisotopic (exact) mass is 451 g/mol. The second-order valence-electron chi connectivity index (χ2n) is 8.57. The number of carbonyl (C=O) groups excluding carboxylic acids is 1. The van der Waals surface area contributed by atoms with Gasteiger partial charge in [-0.3, -0.25) is 9.69 Å². The van der Waals surface area contributed by atoms with E-state index >= 15 is 0 Å². The van der Waals surface area contributed by atoms with Crippen LogP contribution in [0.25, 0.3) is 10.8 Å². The molecule has 0 bridgehead atoms. The summed E-state index contributed by atoms with van der Waals surface area (Å²) in [5.41, 5.74) is 0.807. The van der Waals surface area contributed by atoms with Crippen LogP contribution in [0.1, 0.15) is 28.1 Å². The van der Waals surface area contributed by atoms with Gasteiger partial charge in [0, 0.05) is 48.7 Å². The van der Waals surface area contributed by atoms with Crippen molar-refractivity contribution < 1.29 is 14.3 Å². The number of methoxy groups -OCH3 is 1. The molecule has 0 saturated carbocycles. The number of thiazole rings is 1. The average Bonchev–Trinajstić information content (AvgIpc) is 3.32. The number of Topliss-reactive ketones (excluding diaryl/α,β-unsaturated/α-hetero) is 1. The largest absolute Gasteiger partial charge is 0.497 e. The van der Waals surface area contributed by atoms with Crippen LogP contribution >= 0.6 is 11.3 Å². The normalized spacial score (nSPS) is 19.9. The zero-order valence-corrected chi connectivity index (χ0v) is 19.3. The number of likely N-dealkylation sites (tertiary alicyclic amines) is 1. The summed E-state index contributed by atoms with van der Waals surface area (Å²) in [6.45, 7) is 6.07. The molecule has 0 amide bonds. The standard InChI is InChI=1S/C25H29N3O3S/c1-30-22-7-6-18-13-20(5-4-19(18)14-22)24(29)21-3-2-8-27(16-21)17-23-15-26-25(32-23)28-9-11-31-12-10-28/h4-7,13-15,21H,2-3,8-12,16-17H2,1H3/t21-/m0/s1. The maximum atomic E-state index is 13.3. The molecule has 2 aliphatic heterocycles. The predicted octanol–water partition coefficient (Wildman–Crippen LogP) is 4.24. The van der Waals surface area contributed by atoms with Crippen molar-refractivity contribution in [1.29, 1.82) is 0 Å². The molecule has 32 heavy (non-hydrogen) atoms. The molecule has 5 rings (SSSR count). The van der Waals surface area contributed by atoms with Crippen LogP contribution in [0.2, 0.25) is 0 Å². The lowest BCUT2D eigenvalue weighted by Crippen LogP contribution is -2.38. The Balaban J connectivity index is 1.24. The SMILES string of the molecule is COc1ccc2cc(C(=O)[C@H]3CCCN(Cc4cnc(N5CCOCC5)s4)C3)ccc2c1. The summed E-state index contributed by atoms with van der Waals surface area (Å²) in [7, 11) is 1.67. The highest BCUT2D eigenvalue weighted by atomic mass is 32.1. The minimum absolute atomic E-state index is 0.0473. The molecule has 1 aromatic heterocycles. The number of aromatic nitrogens is 1. The van der Waals surface area contributed by atoms with Gasteiger partial charge in [0.1, 0.15) is 5.75 Å². The fraction of sp³-hybridized carbons (Fsp3) is 0.440. The van der Waals surface area contributed by atoms with Crippen molar-refractivity contribution in [2.75, 3.05) is 51.4 Å². The van der Waals surface area contributed by atoms with Crippen molar-refractivity contribution in [3.63, 3.8) is 0 Å². The first-order valence-corrected chi connectivity index (χ1v) is 12.1. The minimum atomic E-state index is 0.0473. The lowest BCUT2D eigenvalue weighted by atomic mass is 9.89. The third-order valence-electron chi connectivity index (χ3n) is 6.41. The second kappa shape index (κ2) is 9.57. The lowest BCUT2D eigenvalue weighted by Gasteiger charge is -2.31. The van der Waals surface area contributed by atoms with Gasteiger partial charge in [-0.05, 0) is 48.4 Å². The molecule has 1 atom stereocenters. The van der Waals surface area contributed by atoms with Gasteiger partial charge in [-0.25, -0.2) is 4.98 Å². The van der Waals surface area contributed by atoms with Crippen molar-refractivity contribution in [3.8, 4) is 5.75 Å². The number of fused-ring (bicyclic) bond motifs is 1. The van der Waals surface area contributed by atoms with Crippen LogP contribution in [-0.4, -0.2) is 62.2 Å². The summed E-state index contributed by atoms with van der Waals surface area (Å²) in [6.07, 6.45) is 4.01. The van der Waals surface area contributed by atoms with Crippen LogP contribution in [-0.2, 0) is 11.3 Å². The molecular weight excluding hydrogens is 422 g/mol. The molecule has 3 heterocycles. The van der Waals surface area contributed by atoms with E-state index in [2.05, 4.69) is 14.8 Å². The van der Waals surface area contributed by atoms with E-state index in [1.165, 1.54) is 4.88 Å². The van der Waals surface area contributed by atoms with Crippen LogP contribution in [0, 0.1) is 5.92 Å². The number of hydrogen-bond acceptors (Lipinski definition) is 7. The maximum absolute atomic E-state index is 13.3. The van der Waals surface area contributed by atoms with Gasteiger partial charge in [0.15, 0.2) is 10.9 Å². The van der Waals surface area contributed by atoms with Crippen molar-refractivity contribution in [2.45, 2.75) is 19.4 Å². The minimum Gasteiger partial charge on any atom is -0.497 e. The number of carbonyl (C=O) groups is 1. The molecule has 0 spiro atoms. The Morgan fingerprint density at radius 2 is 1.97 bits per heavy atom. The van der Waals surface area contributed by atoms with Crippen molar-refractivity contribution in [3.05, 3.63) is 53.0 Å². The molecule has 2 aromatic carbocycles. The summed E-state index contributed by atoms with van der Waals surface area (Å²) in [5.74, 6) is 1.14. The van der Waals surface area contributed by atoms with E-state index in [-0.39, 0.29) is 11.7 Å². The van der Waals surface area contributed by atoms with Crippen molar-refractivity contribution >= 4 is 33.0 Å². The molecule has 0 N–H and O–H groups in total. The molecule has 3 aromatic rings. The molecule has 2 fully saturated rings. The first-order chi connectivity index (χ1) is 15.7. The zero-order chi connectivity index (χ0) is 21.9. The highest BCUT2D eigenvalue weighted by Crippen LogP contribution is 2.28. The fourth-order valence-corrected chi connectivity index (χ4v) is 5.65. The first-order valence-electron chi connectivity index (χ1n) is 11.3. The van der Waals surface area contributed by atoms with Gasteiger partial charge in [0.05, 0.1) is 20.3 Å². The van der Waals surface area contributed by atoms with Gasteiger partial charge in [0.25, 0.3) is 0 Å². The van der Waals surface area contributed by atoms with Crippen LogP contribution in [0.3, 0.4) is 0 Å². The Morgan fingerprint density at radius 3 is 2.81 bits per heavy atom. The van der Waals surface area contributed by atoms with Crippen LogP contribution in [0.5, 0.6) is 5.75 Å². The Bertz CT molecular complexity index is 1090. The summed E-state index contributed by atoms with van der Waals surface area (Å²) in [6, 6.07) is 12.0. The zero-order valence-electron chi connectivity index (χ0n) is 18.5. The van der Waals surface area contributed by atoms with Crippen molar-refractivity contribution in [2.24, 2.45) is 5.92 Å². The highest BCUT2D eigenvalue weighted by Gasteiger charge is 2.27. The number of benzene rings is 2. The first kappa shape index (κ1) is 21.4. The smallest absolute Gasteiger partial charge is 0.185 e. The topological polar surface area (TPSA) is 54.9 Å². The second-order valence-corrected chi connectivity index (χ2v) is 9.67. The Hall–Kier alpha value is -2.48. The summed E-state index contributed by atoms with van der Waals surface area (Å²) in [4.78, 5) is 23.9. The van der Waals surface area contributed by atoms with E-state index in [4.69, 9.17) is 9.47 Å². The van der Waals surface area contributed by atoms with E-state index in [9.17, 15) is 4.79 Å². The van der Waals surface area contributed by atoms with Crippen molar-refractivity contribution in [1.82, 2.24) is 9.88 Å². The van der Waals surface area contributed by atoms with Gasteiger partial charge in [-0.1, -0.05) is 18.2 Å². The molecule has 2 aliphatic rings. The fourth-order valence-electron chi connectivity index (χ4n) is 4.64. The van der Waals surface area contributed by atoms with E-state index in [1.807, 2.05) is 42.6 Å². The lowest BCUT2D eigenvalue weighted by molar-refractivity contribution is 0.0813. The van der Waals surface area contributed by atoms with E-state index in [0.717, 1.165) is 86.0 Å². The number of rotatable bonds is 6.